The number of hydrogen-bond acceptors (Lipinski definition) is 5. The molecule has 2 aliphatic rings. The zero-order chi connectivity index (χ0) is 24.4. The molecule has 6 heteroatoms. The first-order chi connectivity index (χ1) is 17.1. The normalized spacial score (nSPS) is 16.4. The van der Waals surface area contributed by atoms with E-state index in [2.05, 4.69) is 17.0 Å². The lowest BCUT2D eigenvalue weighted by molar-refractivity contribution is 0.0746. The summed E-state index contributed by atoms with van der Waals surface area (Å²) in [5.41, 5.74) is 5.23. The highest BCUT2D eigenvalue weighted by atomic mass is 16.5. The summed E-state index contributed by atoms with van der Waals surface area (Å²) in [6, 6.07) is 21.3. The Kier molecular flexibility index (Phi) is 6.27. The predicted octanol–water partition coefficient (Wildman–Crippen LogP) is 4.49. The van der Waals surface area contributed by atoms with Crippen molar-refractivity contribution in [2.75, 3.05) is 45.3 Å². The van der Waals surface area contributed by atoms with Crippen LogP contribution in [-0.4, -0.2) is 57.0 Å². The van der Waals surface area contributed by atoms with E-state index in [9.17, 15) is 9.59 Å². The van der Waals surface area contributed by atoms with Crippen LogP contribution in [0, 0.1) is 0 Å². The molecule has 1 heterocycles. The summed E-state index contributed by atoms with van der Waals surface area (Å²) in [4.78, 5) is 29.9. The Morgan fingerprint density at radius 2 is 1.51 bits per heavy atom. The van der Waals surface area contributed by atoms with Gasteiger partial charge in [0.1, 0.15) is 0 Å². The van der Waals surface area contributed by atoms with Crippen molar-refractivity contribution in [1.29, 1.82) is 0 Å². The number of ether oxygens (including phenoxy) is 2. The first-order valence-corrected chi connectivity index (χ1v) is 11.8. The first-order valence-electron chi connectivity index (χ1n) is 11.8. The molecule has 6 nitrogen and oxygen atoms in total. The summed E-state index contributed by atoms with van der Waals surface area (Å²) >= 11 is 0. The minimum Gasteiger partial charge on any atom is -0.493 e. The molecule has 0 bridgehead atoms. The van der Waals surface area contributed by atoms with Gasteiger partial charge in [0.2, 0.25) is 0 Å². The maximum Gasteiger partial charge on any atom is 0.253 e. The van der Waals surface area contributed by atoms with E-state index in [1.807, 2.05) is 59.5 Å². The van der Waals surface area contributed by atoms with Gasteiger partial charge in [-0.2, -0.15) is 0 Å². The van der Waals surface area contributed by atoms with Gasteiger partial charge in [-0.05, 0) is 53.6 Å². The average Bonchev–Trinajstić information content (AvgIpc) is 3.22. The number of methoxy groups -OCH3 is 2. The Hall–Kier alpha value is -4.06. The van der Waals surface area contributed by atoms with Crippen LogP contribution in [0.15, 0.2) is 72.3 Å². The lowest BCUT2D eigenvalue weighted by atomic mass is 10.1. The van der Waals surface area contributed by atoms with E-state index in [1.54, 1.807) is 20.3 Å². The molecule has 1 aliphatic heterocycles. The second kappa shape index (κ2) is 9.66. The minimum atomic E-state index is 0.0317. The van der Waals surface area contributed by atoms with Crippen molar-refractivity contribution in [3.63, 3.8) is 0 Å². The largest absolute Gasteiger partial charge is 0.493 e. The molecular weight excluding hydrogens is 440 g/mol. The molecule has 35 heavy (non-hydrogen) atoms. The number of carbonyl (C=O) groups is 2. The highest BCUT2D eigenvalue weighted by molar-refractivity contribution is 6.16. The van der Waals surface area contributed by atoms with E-state index in [1.165, 1.54) is 0 Å². The number of piperazine rings is 1. The molecule has 1 saturated heterocycles. The summed E-state index contributed by atoms with van der Waals surface area (Å²) in [7, 11) is 3.17. The van der Waals surface area contributed by atoms with Crippen LogP contribution in [0.4, 0.5) is 5.69 Å². The molecule has 1 aliphatic carbocycles. The summed E-state index contributed by atoms with van der Waals surface area (Å²) in [5, 5.41) is 0. The summed E-state index contributed by atoms with van der Waals surface area (Å²) in [6.07, 6.45) is 2.54. The molecule has 3 aromatic rings. The van der Waals surface area contributed by atoms with E-state index in [-0.39, 0.29) is 11.7 Å². The van der Waals surface area contributed by atoms with E-state index >= 15 is 0 Å². The van der Waals surface area contributed by atoms with E-state index in [4.69, 9.17) is 9.47 Å². The quantitative estimate of drug-likeness (QED) is 0.517. The molecule has 5 rings (SSSR count). The molecule has 1 fully saturated rings. The fraction of sp³-hybridized carbons (Fsp3) is 0.241. The number of carbonyl (C=O) groups excluding carboxylic acids is 2. The molecule has 0 spiro atoms. The molecule has 0 radical (unpaired) electrons. The Morgan fingerprint density at radius 1 is 0.857 bits per heavy atom. The molecule has 1 amide bonds. The Bertz CT molecular complexity index is 1270. The molecule has 0 atom stereocenters. The van der Waals surface area contributed by atoms with Gasteiger partial charge >= 0.3 is 0 Å². The smallest absolute Gasteiger partial charge is 0.253 e. The number of hydrogen-bond donors (Lipinski definition) is 0. The monoisotopic (exact) mass is 468 g/mol. The first kappa shape index (κ1) is 22.7. The number of fused-ring (bicyclic) bond motifs is 1. The third-order valence-electron chi connectivity index (χ3n) is 6.71. The van der Waals surface area contributed by atoms with Gasteiger partial charge in [0.05, 0.1) is 14.2 Å². The number of anilines is 1. The zero-order valence-electron chi connectivity index (χ0n) is 20.0. The number of allylic oxidation sites excluding steroid dienone is 1. The fourth-order valence-corrected chi connectivity index (χ4v) is 4.77. The SMILES string of the molecule is COc1cc2c(cc1OC)C(=O)/C(=C/c1ccc(N3CCN(C(=O)c4ccccc4)CC3)cc1)C2. The van der Waals surface area contributed by atoms with Gasteiger partial charge in [-0.3, -0.25) is 9.59 Å². The van der Waals surface area contributed by atoms with E-state index in [0.717, 1.165) is 41.0 Å². The number of amides is 1. The summed E-state index contributed by atoms with van der Waals surface area (Å²) < 4.78 is 10.7. The molecule has 0 saturated carbocycles. The van der Waals surface area contributed by atoms with Crippen molar-refractivity contribution in [2.45, 2.75) is 6.42 Å². The average molecular weight is 469 g/mol. The van der Waals surface area contributed by atoms with E-state index in [0.29, 0.717) is 36.6 Å². The van der Waals surface area contributed by atoms with Gasteiger partial charge in [0.15, 0.2) is 17.3 Å². The van der Waals surface area contributed by atoms with Crippen LogP contribution < -0.4 is 14.4 Å². The van der Waals surface area contributed by atoms with Gasteiger partial charge in [-0.25, -0.2) is 0 Å². The lowest BCUT2D eigenvalue weighted by Gasteiger charge is -2.36. The van der Waals surface area contributed by atoms with Gasteiger partial charge in [0.25, 0.3) is 5.91 Å². The highest BCUT2D eigenvalue weighted by Gasteiger charge is 2.27. The fourth-order valence-electron chi connectivity index (χ4n) is 4.77. The maximum atomic E-state index is 13.0. The molecule has 0 aromatic heterocycles. The molecule has 178 valence electrons. The van der Waals surface area contributed by atoms with Crippen molar-refractivity contribution >= 4 is 23.5 Å². The number of benzene rings is 3. The third kappa shape index (κ3) is 4.52. The standard InChI is InChI=1S/C29H28N2O4/c1-34-26-18-22-17-23(28(32)25(22)19-27(26)35-2)16-20-8-10-24(11-9-20)30-12-14-31(15-13-30)29(33)21-6-4-3-5-7-21/h3-11,16,18-19H,12-15,17H2,1-2H3/b23-16+. The van der Waals surface area contributed by atoms with Crippen molar-refractivity contribution in [2.24, 2.45) is 0 Å². The number of rotatable bonds is 5. The molecule has 0 unspecified atom stereocenters. The Balaban J connectivity index is 1.24. The van der Waals surface area contributed by atoms with Gasteiger partial charge in [-0.1, -0.05) is 30.3 Å². The van der Waals surface area contributed by atoms with E-state index < -0.39 is 0 Å². The predicted molar refractivity (Wildman–Crippen MR) is 137 cm³/mol. The van der Waals surface area contributed by atoms with Gasteiger partial charge in [-0.15, -0.1) is 0 Å². The van der Waals surface area contributed by atoms with Gasteiger partial charge in [0, 0.05) is 55.0 Å². The number of Topliss-reactive ketones (excluding diaryl/α,β-unsaturated/α-hetero) is 1. The second-order valence-corrected chi connectivity index (χ2v) is 8.78. The summed E-state index contributed by atoms with van der Waals surface area (Å²) in [5.74, 6) is 1.32. The van der Waals surface area contributed by atoms with Crippen LogP contribution in [0.1, 0.15) is 31.8 Å². The third-order valence-corrected chi connectivity index (χ3v) is 6.71. The lowest BCUT2D eigenvalue weighted by Crippen LogP contribution is -2.48. The minimum absolute atomic E-state index is 0.0317. The van der Waals surface area contributed by atoms with Crippen molar-refractivity contribution in [3.05, 3.63) is 94.6 Å². The van der Waals surface area contributed by atoms with Crippen molar-refractivity contribution in [3.8, 4) is 11.5 Å². The molecule has 3 aromatic carbocycles. The molecule has 0 N–H and O–H groups in total. The molecular formula is C29H28N2O4. The van der Waals surface area contributed by atoms with Crippen LogP contribution in [0.25, 0.3) is 6.08 Å². The zero-order valence-corrected chi connectivity index (χ0v) is 20.0. The van der Waals surface area contributed by atoms with Crippen LogP contribution in [0.3, 0.4) is 0 Å². The number of nitrogens with zero attached hydrogens (tertiary/aromatic N) is 2. The maximum absolute atomic E-state index is 13.0. The van der Waals surface area contributed by atoms with Crippen molar-refractivity contribution in [1.82, 2.24) is 4.90 Å². The van der Waals surface area contributed by atoms with Crippen LogP contribution in [0.2, 0.25) is 0 Å². The van der Waals surface area contributed by atoms with Crippen molar-refractivity contribution < 1.29 is 19.1 Å². The van der Waals surface area contributed by atoms with Crippen LogP contribution in [0.5, 0.6) is 11.5 Å². The van der Waals surface area contributed by atoms with Gasteiger partial charge < -0.3 is 19.3 Å². The second-order valence-electron chi connectivity index (χ2n) is 8.78. The Morgan fingerprint density at radius 3 is 2.17 bits per heavy atom. The van der Waals surface area contributed by atoms with Crippen LogP contribution in [-0.2, 0) is 6.42 Å². The topological polar surface area (TPSA) is 59.1 Å². The van der Waals surface area contributed by atoms with Crippen LogP contribution >= 0.6 is 0 Å². The Labute approximate surface area is 205 Å². The summed E-state index contributed by atoms with van der Waals surface area (Å²) in [6.45, 7) is 2.96. The number of ketones is 1. The highest BCUT2D eigenvalue weighted by Crippen LogP contribution is 2.37.